The molecule has 0 aliphatic rings. The van der Waals surface area contributed by atoms with Crippen LogP contribution in [0.3, 0.4) is 0 Å². The van der Waals surface area contributed by atoms with Crippen molar-refractivity contribution in [2.45, 2.75) is 0 Å². The summed E-state index contributed by atoms with van der Waals surface area (Å²) in [6.07, 6.45) is 0. The first kappa shape index (κ1) is 17.9. The van der Waals surface area contributed by atoms with E-state index in [1.165, 1.54) is 6.07 Å². The molecular weight excluding hydrogens is 347 g/mol. The van der Waals surface area contributed by atoms with Gasteiger partial charge in [0.2, 0.25) is 0 Å². The number of hydrogen-bond donors (Lipinski definition) is 4. The first-order valence-electron chi connectivity index (χ1n) is 7.96. The van der Waals surface area contributed by atoms with Gasteiger partial charge in [-0.15, -0.1) is 0 Å². The van der Waals surface area contributed by atoms with E-state index in [0.717, 1.165) is 5.56 Å². The van der Waals surface area contributed by atoms with Gasteiger partial charge in [0, 0.05) is 5.56 Å². The number of hydrogen-bond acceptors (Lipinski definition) is 4. The molecule has 6 nitrogen and oxygen atoms in total. The lowest BCUT2D eigenvalue weighted by Gasteiger charge is -2.09. The van der Waals surface area contributed by atoms with E-state index < -0.39 is 12.0 Å². The Labute approximate surface area is 155 Å². The summed E-state index contributed by atoms with van der Waals surface area (Å²) in [5, 5.41) is 14.2. The molecule has 0 saturated heterocycles. The van der Waals surface area contributed by atoms with Crippen molar-refractivity contribution in [3.63, 3.8) is 0 Å². The van der Waals surface area contributed by atoms with E-state index in [2.05, 4.69) is 0 Å². The molecular formula is C20H17FN4O2. The predicted octanol–water partition coefficient (Wildman–Crippen LogP) is 3.70. The van der Waals surface area contributed by atoms with Gasteiger partial charge in [-0.2, -0.15) is 0 Å². The third kappa shape index (κ3) is 4.40. The molecule has 0 aliphatic carbocycles. The van der Waals surface area contributed by atoms with Crippen molar-refractivity contribution in [1.29, 1.82) is 10.8 Å². The highest BCUT2D eigenvalue weighted by Gasteiger charge is 2.08. The average Bonchev–Trinajstić information content (AvgIpc) is 2.62. The minimum Gasteiger partial charge on any atom is -0.426 e. The molecule has 0 unspecified atom stereocenters. The standard InChI is InChI=1S/C20H17FN4O2/c21-18-11-14(12-1-6-15(7-2-12)26-19(22)23)5-10-17(18)13-3-8-16(9-4-13)27-20(24)25/h1-11H,(H3,22,23)(H3,24,25). The Hall–Kier alpha value is -3.87. The molecule has 7 heteroatoms. The van der Waals surface area contributed by atoms with Crippen molar-refractivity contribution in [2.24, 2.45) is 11.5 Å². The highest BCUT2D eigenvalue weighted by atomic mass is 19.1. The monoisotopic (exact) mass is 364 g/mol. The Balaban J connectivity index is 1.83. The van der Waals surface area contributed by atoms with Crippen LogP contribution in [0.4, 0.5) is 4.39 Å². The van der Waals surface area contributed by atoms with Crippen LogP contribution in [-0.4, -0.2) is 12.0 Å². The largest absolute Gasteiger partial charge is 0.426 e. The van der Waals surface area contributed by atoms with E-state index >= 15 is 0 Å². The molecule has 0 fully saturated rings. The highest BCUT2D eigenvalue weighted by molar-refractivity contribution is 5.74. The maximum Gasteiger partial charge on any atom is 0.284 e. The van der Waals surface area contributed by atoms with E-state index in [-0.39, 0.29) is 5.82 Å². The van der Waals surface area contributed by atoms with Crippen molar-refractivity contribution in [3.8, 4) is 33.8 Å². The highest BCUT2D eigenvalue weighted by Crippen LogP contribution is 2.30. The first-order chi connectivity index (χ1) is 12.9. The Kier molecular flexibility index (Phi) is 5.03. The van der Waals surface area contributed by atoms with Crippen LogP contribution >= 0.6 is 0 Å². The summed E-state index contributed by atoms with van der Waals surface area (Å²) >= 11 is 0. The minimum atomic E-state index is -0.405. The fraction of sp³-hybridized carbons (Fsp3) is 0. The predicted molar refractivity (Wildman–Crippen MR) is 102 cm³/mol. The van der Waals surface area contributed by atoms with Gasteiger partial charge < -0.3 is 20.9 Å². The molecule has 3 rings (SSSR count). The smallest absolute Gasteiger partial charge is 0.284 e. The molecule has 6 N–H and O–H groups in total. The number of nitrogens with two attached hydrogens (primary N) is 2. The van der Waals surface area contributed by atoms with E-state index in [0.29, 0.717) is 28.2 Å². The number of ether oxygens (including phenoxy) is 2. The molecule has 3 aromatic rings. The molecule has 0 amide bonds. The Morgan fingerprint density at radius 2 is 1.11 bits per heavy atom. The molecule has 0 atom stereocenters. The van der Waals surface area contributed by atoms with Gasteiger partial charge in [0.15, 0.2) is 0 Å². The van der Waals surface area contributed by atoms with Crippen LogP contribution in [0.1, 0.15) is 0 Å². The van der Waals surface area contributed by atoms with Gasteiger partial charge in [0.1, 0.15) is 17.3 Å². The average molecular weight is 364 g/mol. The van der Waals surface area contributed by atoms with Gasteiger partial charge in [-0.1, -0.05) is 36.4 Å². The lowest BCUT2D eigenvalue weighted by atomic mass is 9.99. The second-order valence-corrected chi connectivity index (χ2v) is 5.68. The molecule has 136 valence electrons. The topological polar surface area (TPSA) is 118 Å². The van der Waals surface area contributed by atoms with Gasteiger partial charge >= 0.3 is 0 Å². The Morgan fingerprint density at radius 1 is 0.667 bits per heavy atom. The fourth-order valence-electron chi connectivity index (χ4n) is 2.60. The van der Waals surface area contributed by atoms with Crippen LogP contribution in [0.2, 0.25) is 0 Å². The molecule has 0 bridgehead atoms. The third-order valence-corrected chi connectivity index (χ3v) is 3.78. The summed E-state index contributed by atoms with van der Waals surface area (Å²) in [7, 11) is 0. The van der Waals surface area contributed by atoms with Crippen LogP contribution in [0.5, 0.6) is 11.5 Å². The quantitative estimate of drug-likeness (QED) is 0.417. The van der Waals surface area contributed by atoms with Crippen molar-refractivity contribution < 1.29 is 13.9 Å². The summed E-state index contributed by atoms with van der Waals surface area (Å²) < 4.78 is 24.6. The maximum absolute atomic E-state index is 14.6. The fourth-order valence-corrected chi connectivity index (χ4v) is 2.60. The van der Waals surface area contributed by atoms with E-state index in [9.17, 15) is 4.39 Å². The van der Waals surface area contributed by atoms with Crippen LogP contribution in [0, 0.1) is 16.6 Å². The maximum atomic E-state index is 14.6. The Morgan fingerprint density at radius 3 is 1.56 bits per heavy atom. The molecule has 0 saturated carbocycles. The molecule has 0 heterocycles. The summed E-state index contributed by atoms with van der Waals surface area (Å²) in [5.74, 6) is 0.490. The summed E-state index contributed by atoms with van der Waals surface area (Å²) in [6, 6.07) is 17.7. The molecule has 27 heavy (non-hydrogen) atoms. The molecule has 0 aliphatic heterocycles. The van der Waals surface area contributed by atoms with Crippen molar-refractivity contribution >= 4 is 12.0 Å². The summed E-state index contributed by atoms with van der Waals surface area (Å²) in [4.78, 5) is 0. The van der Waals surface area contributed by atoms with Gasteiger partial charge in [-0.25, -0.2) is 4.39 Å². The second kappa shape index (κ2) is 7.57. The van der Waals surface area contributed by atoms with Crippen molar-refractivity contribution in [3.05, 3.63) is 72.5 Å². The SMILES string of the molecule is N=C(N)Oc1ccc(-c2ccc(-c3ccc(OC(=N)N)cc3)c(F)c2)cc1. The number of nitrogens with one attached hydrogen (secondary N) is 2. The Bertz CT molecular complexity index is 986. The second-order valence-electron chi connectivity index (χ2n) is 5.68. The molecule has 3 aromatic carbocycles. The van der Waals surface area contributed by atoms with Gasteiger partial charge in [-0.3, -0.25) is 10.8 Å². The number of rotatable bonds is 4. The zero-order valence-electron chi connectivity index (χ0n) is 14.2. The lowest BCUT2D eigenvalue weighted by molar-refractivity contribution is 0.537. The number of benzene rings is 3. The van der Waals surface area contributed by atoms with E-state index in [1.807, 2.05) is 6.07 Å². The van der Waals surface area contributed by atoms with Crippen LogP contribution in [0.15, 0.2) is 66.7 Å². The van der Waals surface area contributed by atoms with Gasteiger partial charge in [-0.05, 0) is 47.0 Å². The van der Waals surface area contributed by atoms with Crippen molar-refractivity contribution in [2.75, 3.05) is 0 Å². The molecule has 0 radical (unpaired) electrons. The van der Waals surface area contributed by atoms with Crippen LogP contribution in [0.25, 0.3) is 22.3 Å². The molecule has 0 spiro atoms. The third-order valence-electron chi connectivity index (χ3n) is 3.78. The van der Waals surface area contributed by atoms with E-state index in [1.54, 1.807) is 54.6 Å². The van der Waals surface area contributed by atoms with E-state index in [4.69, 9.17) is 31.8 Å². The normalized spacial score (nSPS) is 10.3. The van der Waals surface area contributed by atoms with Gasteiger partial charge in [0.05, 0.1) is 0 Å². The lowest BCUT2D eigenvalue weighted by Crippen LogP contribution is -2.17. The zero-order valence-corrected chi connectivity index (χ0v) is 14.2. The molecule has 0 aromatic heterocycles. The van der Waals surface area contributed by atoms with Crippen LogP contribution in [-0.2, 0) is 0 Å². The zero-order chi connectivity index (χ0) is 19.4. The van der Waals surface area contributed by atoms with Gasteiger partial charge in [0.25, 0.3) is 12.0 Å². The number of amidine groups is 2. The summed E-state index contributed by atoms with van der Waals surface area (Å²) in [5.41, 5.74) is 13.0. The minimum absolute atomic E-state index is 0.364. The van der Waals surface area contributed by atoms with Crippen molar-refractivity contribution in [1.82, 2.24) is 0 Å². The summed E-state index contributed by atoms with van der Waals surface area (Å²) in [6.45, 7) is 0. The number of halogens is 1. The van der Waals surface area contributed by atoms with Crippen LogP contribution < -0.4 is 20.9 Å². The first-order valence-corrected chi connectivity index (χ1v) is 7.96.